The lowest BCUT2D eigenvalue weighted by atomic mass is 9.95. The Balaban J connectivity index is 1.81. The molecule has 0 N–H and O–H groups in total. The minimum absolute atomic E-state index is 0.0976. The average Bonchev–Trinajstić information content (AvgIpc) is 2.76. The minimum Gasteiger partial charge on any atom is -0.298 e. The molecule has 1 aliphatic rings. The van der Waals surface area contributed by atoms with Crippen LogP contribution in [0.5, 0.6) is 0 Å². The standard InChI is InChI=1S/C25H22ClFN2O2/c1-16(2)17-7-9-18(10-8-17)24-25(31)28(22-6-4-3-5-21(22)27)15-23(30)29(24)20-13-11-19(26)12-14-20/h3-14,16,24H,15H2,1-2H3/t24-/m0/s1. The van der Waals surface area contributed by atoms with Gasteiger partial charge >= 0.3 is 0 Å². The summed E-state index contributed by atoms with van der Waals surface area (Å²) in [6.07, 6.45) is 0. The van der Waals surface area contributed by atoms with Gasteiger partial charge in [-0.25, -0.2) is 4.39 Å². The van der Waals surface area contributed by atoms with Crippen LogP contribution in [0.15, 0.2) is 72.8 Å². The Morgan fingerprint density at radius 1 is 0.935 bits per heavy atom. The molecule has 1 saturated heterocycles. The van der Waals surface area contributed by atoms with E-state index in [0.29, 0.717) is 22.2 Å². The van der Waals surface area contributed by atoms with Gasteiger partial charge < -0.3 is 0 Å². The van der Waals surface area contributed by atoms with Gasteiger partial charge in [0.1, 0.15) is 18.4 Å². The Hall–Kier alpha value is -3.18. The predicted molar refractivity (Wildman–Crippen MR) is 121 cm³/mol. The molecule has 1 aliphatic heterocycles. The lowest BCUT2D eigenvalue weighted by Gasteiger charge is -2.40. The molecule has 4 nitrogen and oxygen atoms in total. The highest BCUT2D eigenvalue weighted by atomic mass is 35.5. The maximum Gasteiger partial charge on any atom is 0.255 e. The first-order chi connectivity index (χ1) is 14.9. The van der Waals surface area contributed by atoms with Gasteiger partial charge in [0, 0.05) is 10.7 Å². The van der Waals surface area contributed by atoms with E-state index in [4.69, 9.17) is 11.6 Å². The number of amides is 2. The second kappa shape index (κ2) is 8.52. The first kappa shape index (κ1) is 21.1. The molecule has 4 rings (SSSR count). The quantitative estimate of drug-likeness (QED) is 0.524. The van der Waals surface area contributed by atoms with E-state index < -0.39 is 11.9 Å². The number of piperazine rings is 1. The van der Waals surface area contributed by atoms with Crippen molar-refractivity contribution in [1.29, 1.82) is 0 Å². The van der Waals surface area contributed by atoms with Gasteiger partial charge in [-0.05, 0) is 53.4 Å². The fourth-order valence-electron chi connectivity index (χ4n) is 3.82. The average molecular weight is 437 g/mol. The van der Waals surface area contributed by atoms with E-state index in [-0.39, 0.29) is 24.0 Å². The van der Waals surface area contributed by atoms with Crippen molar-refractivity contribution in [3.05, 3.63) is 94.8 Å². The van der Waals surface area contributed by atoms with E-state index in [1.165, 1.54) is 21.9 Å². The monoisotopic (exact) mass is 436 g/mol. The molecule has 3 aromatic rings. The highest BCUT2D eigenvalue weighted by molar-refractivity contribution is 6.30. The number of rotatable bonds is 4. The second-order valence-corrected chi connectivity index (χ2v) is 8.28. The van der Waals surface area contributed by atoms with E-state index in [0.717, 1.165) is 5.56 Å². The molecule has 0 radical (unpaired) electrons. The number of anilines is 2. The Kier molecular flexibility index (Phi) is 5.79. The van der Waals surface area contributed by atoms with Crippen molar-refractivity contribution < 1.29 is 14.0 Å². The van der Waals surface area contributed by atoms with Crippen LogP contribution >= 0.6 is 11.6 Å². The summed E-state index contributed by atoms with van der Waals surface area (Å²) in [5.41, 5.74) is 2.45. The van der Waals surface area contributed by atoms with Gasteiger partial charge in [0.25, 0.3) is 5.91 Å². The highest BCUT2D eigenvalue weighted by Gasteiger charge is 2.42. The van der Waals surface area contributed by atoms with E-state index in [9.17, 15) is 14.0 Å². The van der Waals surface area contributed by atoms with Crippen LogP contribution in [-0.2, 0) is 9.59 Å². The fourth-order valence-corrected chi connectivity index (χ4v) is 3.94. The Bertz CT molecular complexity index is 1110. The molecule has 0 aliphatic carbocycles. The SMILES string of the molecule is CC(C)c1ccc([C@H]2C(=O)N(c3ccccc3F)CC(=O)N2c2ccc(Cl)cc2)cc1. The first-order valence-electron chi connectivity index (χ1n) is 10.1. The van der Waals surface area contributed by atoms with Crippen molar-refractivity contribution in [3.63, 3.8) is 0 Å². The van der Waals surface area contributed by atoms with E-state index in [1.807, 2.05) is 24.3 Å². The third kappa shape index (κ3) is 4.06. The molecule has 0 saturated carbocycles. The minimum atomic E-state index is -0.914. The Morgan fingerprint density at radius 2 is 1.58 bits per heavy atom. The molecule has 0 aromatic heterocycles. The normalized spacial score (nSPS) is 16.9. The van der Waals surface area contributed by atoms with Gasteiger partial charge in [-0.2, -0.15) is 0 Å². The topological polar surface area (TPSA) is 40.6 Å². The third-order valence-corrected chi connectivity index (χ3v) is 5.74. The number of carbonyl (C=O) groups excluding carboxylic acids is 2. The summed E-state index contributed by atoms with van der Waals surface area (Å²) in [6, 6.07) is 19.5. The lowest BCUT2D eigenvalue weighted by molar-refractivity contribution is -0.128. The molecular weight excluding hydrogens is 415 g/mol. The molecule has 158 valence electrons. The summed E-state index contributed by atoms with van der Waals surface area (Å²) >= 11 is 6.02. The van der Waals surface area contributed by atoms with Crippen molar-refractivity contribution in [3.8, 4) is 0 Å². The van der Waals surface area contributed by atoms with Crippen LogP contribution < -0.4 is 9.80 Å². The van der Waals surface area contributed by atoms with Crippen LogP contribution in [0.4, 0.5) is 15.8 Å². The van der Waals surface area contributed by atoms with Crippen molar-refractivity contribution in [2.75, 3.05) is 16.3 Å². The molecule has 6 heteroatoms. The molecular formula is C25H22ClFN2O2. The van der Waals surface area contributed by atoms with E-state index in [1.54, 1.807) is 36.4 Å². The van der Waals surface area contributed by atoms with Gasteiger partial charge in [-0.15, -0.1) is 0 Å². The zero-order valence-electron chi connectivity index (χ0n) is 17.3. The molecule has 2 amide bonds. The molecule has 0 bridgehead atoms. The maximum atomic E-state index is 14.5. The summed E-state index contributed by atoms with van der Waals surface area (Å²) in [6.45, 7) is 3.93. The van der Waals surface area contributed by atoms with Gasteiger partial charge in [-0.3, -0.25) is 19.4 Å². The third-order valence-electron chi connectivity index (χ3n) is 5.49. The summed E-state index contributed by atoms with van der Waals surface area (Å²) in [5, 5.41) is 0.533. The molecule has 0 unspecified atom stereocenters. The smallest absolute Gasteiger partial charge is 0.255 e. The van der Waals surface area contributed by atoms with Gasteiger partial charge in [-0.1, -0.05) is 61.8 Å². The summed E-state index contributed by atoms with van der Waals surface area (Å²) in [7, 11) is 0. The van der Waals surface area contributed by atoms with Crippen molar-refractivity contribution in [1.82, 2.24) is 0 Å². The Labute approximate surface area is 185 Å². The van der Waals surface area contributed by atoms with Crippen LogP contribution in [0.3, 0.4) is 0 Å². The number of hydrogen-bond donors (Lipinski definition) is 0. The fraction of sp³-hybridized carbons (Fsp3) is 0.200. The predicted octanol–water partition coefficient (Wildman–Crippen LogP) is 5.72. The van der Waals surface area contributed by atoms with Gasteiger partial charge in [0.05, 0.1) is 5.69 Å². The summed E-state index contributed by atoms with van der Waals surface area (Å²) in [4.78, 5) is 29.6. The largest absolute Gasteiger partial charge is 0.298 e. The molecule has 31 heavy (non-hydrogen) atoms. The van der Waals surface area contributed by atoms with Crippen molar-refractivity contribution in [2.24, 2.45) is 0 Å². The van der Waals surface area contributed by atoms with Crippen molar-refractivity contribution >= 4 is 34.8 Å². The lowest BCUT2D eigenvalue weighted by Crippen LogP contribution is -2.56. The van der Waals surface area contributed by atoms with Gasteiger partial charge in [0.15, 0.2) is 0 Å². The summed E-state index contributed by atoms with van der Waals surface area (Å²) in [5.74, 6) is -0.877. The second-order valence-electron chi connectivity index (χ2n) is 7.84. The zero-order chi connectivity index (χ0) is 22.1. The maximum absolute atomic E-state index is 14.5. The molecule has 1 atom stereocenters. The van der Waals surface area contributed by atoms with Crippen LogP contribution in [0.1, 0.15) is 36.9 Å². The molecule has 1 heterocycles. The van der Waals surface area contributed by atoms with Crippen LogP contribution in [-0.4, -0.2) is 18.4 Å². The van der Waals surface area contributed by atoms with Crippen LogP contribution in [0.2, 0.25) is 5.02 Å². The molecule has 0 spiro atoms. The summed E-state index contributed by atoms with van der Waals surface area (Å²) < 4.78 is 14.5. The number of para-hydroxylation sites is 1. The zero-order valence-corrected chi connectivity index (χ0v) is 18.0. The number of halogens is 2. The van der Waals surface area contributed by atoms with Crippen molar-refractivity contribution in [2.45, 2.75) is 25.8 Å². The number of carbonyl (C=O) groups is 2. The number of benzene rings is 3. The van der Waals surface area contributed by atoms with Crippen LogP contribution in [0, 0.1) is 5.82 Å². The van der Waals surface area contributed by atoms with Crippen LogP contribution in [0.25, 0.3) is 0 Å². The number of nitrogens with zero attached hydrogens (tertiary/aromatic N) is 2. The van der Waals surface area contributed by atoms with Gasteiger partial charge in [0.2, 0.25) is 5.91 Å². The highest BCUT2D eigenvalue weighted by Crippen LogP contribution is 2.36. The van der Waals surface area contributed by atoms with E-state index in [2.05, 4.69) is 13.8 Å². The molecule has 3 aromatic carbocycles. The first-order valence-corrected chi connectivity index (χ1v) is 10.5. The number of hydrogen-bond acceptors (Lipinski definition) is 2. The van der Waals surface area contributed by atoms with E-state index >= 15 is 0 Å². The Morgan fingerprint density at radius 3 is 2.19 bits per heavy atom. The molecule has 1 fully saturated rings.